The minimum absolute atomic E-state index is 0.00200. The van der Waals surface area contributed by atoms with Crippen LogP contribution in [0.2, 0.25) is 0 Å². The fourth-order valence-corrected chi connectivity index (χ4v) is 3.61. The second-order valence-electron chi connectivity index (χ2n) is 4.48. The summed E-state index contributed by atoms with van der Waals surface area (Å²) >= 11 is 1.10. The molecule has 1 heterocycles. The first kappa shape index (κ1) is 17.6. The number of sulfonamides is 1. The number of amides is 1. The van der Waals surface area contributed by atoms with Crippen molar-refractivity contribution in [1.29, 1.82) is 0 Å². The van der Waals surface area contributed by atoms with E-state index in [1.165, 1.54) is 6.07 Å². The summed E-state index contributed by atoms with van der Waals surface area (Å²) < 4.78 is 26.1. The molecule has 3 N–H and O–H groups in total. The van der Waals surface area contributed by atoms with E-state index < -0.39 is 16.0 Å². The topological polar surface area (TPSA) is 113 Å². The average Bonchev–Trinajstić information content (AvgIpc) is 2.90. The van der Waals surface area contributed by atoms with Crippen LogP contribution in [0, 0.1) is 0 Å². The average molecular weight is 334 g/mol. The van der Waals surface area contributed by atoms with E-state index in [9.17, 15) is 18.0 Å². The number of carboxylic acids is 1. The number of hydrogen-bond acceptors (Lipinski definition) is 5. The molecule has 0 fully saturated rings. The second-order valence-corrected chi connectivity index (χ2v) is 7.42. The van der Waals surface area contributed by atoms with Crippen LogP contribution in [0.4, 0.5) is 0 Å². The van der Waals surface area contributed by atoms with Crippen LogP contribution in [-0.2, 0) is 19.6 Å². The molecule has 1 amide bonds. The van der Waals surface area contributed by atoms with Crippen LogP contribution < -0.4 is 10.0 Å². The molecule has 0 aliphatic heterocycles. The molecule has 1 aromatic heterocycles. The Balaban J connectivity index is 2.29. The van der Waals surface area contributed by atoms with Gasteiger partial charge in [-0.05, 0) is 24.8 Å². The molecule has 0 aliphatic rings. The van der Waals surface area contributed by atoms with Crippen LogP contribution in [0.15, 0.2) is 21.7 Å². The van der Waals surface area contributed by atoms with Gasteiger partial charge in [0.1, 0.15) is 4.21 Å². The van der Waals surface area contributed by atoms with Crippen molar-refractivity contribution >= 4 is 33.2 Å². The maximum Gasteiger partial charge on any atom is 0.303 e. The Morgan fingerprint density at radius 1 is 1.38 bits per heavy atom. The van der Waals surface area contributed by atoms with E-state index in [4.69, 9.17) is 5.11 Å². The van der Waals surface area contributed by atoms with Crippen molar-refractivity contribution in [3.8, 4) is 0 Å². The van der Waals surface area contributed by atoms with Crippen molar-refractivity contribution in [2.75, 3.05) is 6.54 Å². The van der Waals surface area contributed by atoms with Crippen molar-refractivity contribution in [3.63, 3.8) is 0 Å². The summed E-state index contributed by atoms with van der Waals surface area (Å²) in [7, 11) is -3.55. The van der Waals surface area contributed by atoms with Crippen LogP contribution in [0.1, 0.15) is 26.2 Å². The van der Waals surface area contributed by atoms with Crippen LogP contribution in [0.25, 0.3) is 0 Å². The first-order chi connectivity index (χ1) is 9.81. The molecule has 1 rings (SSSR count). The molecule has 0 spiro atoms. The largest absolute Gasteiger partial charge is 0.481 e. The first-order valence-corrected chi connectivity index (χ1v) is 8.72. The Morgan fingerprint density at radius 2 is 2.10 bits per heavy atom. The van der Waals surface area contributed by atoms with Gasteiger partial charge in [-0.2, -0.15) is 0 Å². The summed E-state index contributed by atoms with van der Waals surface area (Å²) in [4.78, 5) is 22.0. The Hall–Kier alpha value is -1.45. The molecule has 118 valence electrons. The quantitative estimate of drug-likeness (QED) is 0.618. The summed E-state index contributed by atoms with van der Waals surface area (Å²) in [6.07, 6.45) is 0.316. The van der Waals surface area contributed by atoms with Crippen LogP contribution in [-0.4, -0.2) is 38.0 Å². The lowest BCUT2D eigenvalue weighted by molar-refractivity contribution is -0.137. The van der Waals surface area contributed by atoms with Crippen molar-refractivity contribution < 1.29 is 23.1 Å². The lowest BCUT2D eigenvalue weighted by atomic mass is 10.2. The molecule has 1 aromatic rings. The van der Waals surface area contributed by atoms with E-state index in [2.05, 4.69) is 10.0 Å². The molecule has 0 saturated heterocycles. The van der Waals surface area contributed by atoms with Gasteiger partial charge in [-0.3, -0.25) is 9.59 Å². The molecule has 0 aromatic carbocycles. The number of carboxylic acid groups (broad SMARTS) is 1. The Bertz CT molecular complexity index is 568. The minimum atomic E-state index is -3.55. The Kier molecular flexibility index (Phi) is 6.79. The summed E-state index contributed by atoms with van der Waals surface area (Å²) in [6.45, 7) is 1.70. The number of carbonyl (C=O) groups is 2. The molecular formula is C12H18N2O5S2. The number of aliphatic carboxylic acids is 1. The Labute approximate surface area is 127 Å². The standard InChI is InChI=1S/C12H18N2O5S2/c1-9(4-5-11(16)17)14-10(15)6-7-13-21(18,19)12-3-2-8-20-12/h2-3,8-9,13H,4-7H2,1H3,(H,14,15)(H,16,17). The normalized spacial score (nSPS) is 12.8. The van der Waals surface area contributed by atoms with Gasteiger partial charge < -0.3 is 10.4 Å². The van der Waals surface area contributed by atoms with Gasteiger partial charge in [0.2, 0.25) is 15.9 Å². The number of carbonyl (C=O) groups excluding carboxylic acids is 1. The zero-order valence-corrected chi connectivity index (χ0v) is 13.2. The van der Waals surface area contributed by atoms with E-state index in [1.54, 1.807) is 18.4 Å². The SMILES string of the molecule is CC(CCC(=O)O)NC(=O)CCNS(=O)(=O)c1cccs1. The second kappa shape index (κ2) is 8.11. The van der Waals surface area contributed by atoms with Gasteiger partial charge in [-0.25, -0.2) is 13.1 Å². The third kappa shape index (κ3) is 6.69. The molecule has 0 radical (unpaired) electrons. The molecule has 7 nitrogen and oxygen atoms in total. The third-order valence-electron chi connectivity index (χ3n) is 2.60. The predicted octanol–water partition coefficient (Wildman–Crippen LogP) is 0.786. The minimum Gasteiger partial charge on any atom is -0.481 e. The van der Waals surface area contributed by atoms with E-state index in [1.807, 2.05) is 0 Å². The lowest BCUT2D eigenvalue weighted by Crippen LogP contribution is -2.35. The highest BCUT2D eigenvalue weighted by atomic mass is 32.2. The molecule has 9 heteroatoms. The molecule has 0 saturated carbocycles. The number of nitrogens with one attached hydrogen (secondary N) is 2. The van der Waals surface area contributed by atoms with Crippen LogP contribution in [0.5, 0.6) is 0 Å². The number of hydrogen-bond donors (Lipinski definition) is 3. The summed E-state index contributed by atoms with van der Waals surface area (Å²) in [5.74, 6) is -1.23. The zero-order valence-electron chi connectivity index (χ0n) is 11.5. The van der Waals surface area contributed by atoms with E-state index >= 15 is 0 Å². The molecule has 1 unspecified atom stereocenters. The van der Waals surface area contributed by atoms with Crippen molar-refractivity contribution in [2.24, 2.45) is 0 Å². The van der Waals surface area contributed by atoms with E-state index in [0.717, 1.165) is 11.3 Å². The smallest absolute Gasteiger partial charge is 0.303 e. The van der Waals surface area contributed by atoms with Gasteiger partial charge in [0.25, 0.3) is 0 Å². The van der Waals surface area contributed by atoms with E-state index in [0.29, 0.717) is 6.42 Å². The fraction of sp³-hybridized carbons (Fsp3) is 0.500. The van der Waals surface area contributed by atoms with Crippen molar-refractivity contribution in [2.45, 2.75) is 36.4 Å². The van der Waals surface area contributed by atoms with Gasteiger partial charge in [0, 0.05) is 25.4 Å². The molecule has 0 aliphatic carbocycles. The van der Waals surface area contributed by atoms with Gasteiger partial charge in [-0.1, -0.05) is 6.07 Å². The highest BCUT2D eigenvalue weighted by Crippen LogP contribution is 2.14. The lowest BCUT2D eigenvalue weighted by Gasteiger charge is -2.12. The van der Waals surface area contributed by atoms with Crippen LogP contribution >= 0.6 is 11.3 Å². The number of rotatable bonds is 9. The zero-order chi connectivity index (χ0) is 15.9. The third-order valence-corrected chi connectivity index (χ3v) is 5.46. The molecule has 1 atom stereocenters. The summed E-state index contributed by atoms with van der Waals surface area (Å²) in [5.41, 5.74) is 0. The maximum atomic E-state index is 11.8. The van der Waals surface area contributed by atoms with Gasteiger partial charge >= 0.3 is 5.97 Å². The molecular weight excluding hydrogens is 316 g/mol. The fourth-order valence-electron chi connectivity index (χ4n) is 1.55. The highest BCUT2D eigenvalue weighted by Gasteiger charge is 2.15. The maximum absolute atomic E-state index is 11.8. The first-order valence-electron chi connectivity index (χ1n) is 6.35. The monoisotopic (exact) mass is 334 g/mol. The van der Waals surface area contributed by atoms with E-state index in [-0.39, 0.29) is 35.5 Å². The highest BCUT2D eigenvalue weighted by molar-refractivity contribution is 7.91. The number of thiophene rings is 1. The predicted molar refractivity (Wildman–Crippen MR) is 78.6 cm³/mol. The summed E-state index contributed by atoms with van der Waals surface area (Å²) in [5, 5.41) is 12.8. The molecule has 0 bridgehead atoms. The van der Waals surface area contributed by atoms with Gasteiger partial charge in [0.05, 0.1) is 0 Å². The molecule has 21 heavy (non-hydrogen) atoms. The van der Waals surface area contributed by atoms with Crippen LogP contribution in [0.3, 0.4) is 0 Å². The van der Waals surface area contributed by atoms with Crippen molar-refractivity contribution in [1.82, 2.24) is 10.0 Å². The van der Waals surface area contributed by atoms with Gasteiger partial charge in [-0.15, -0.1) is 11.3 Å². The van der Waals surface area contributed by atoms with Gasteiger partial charge in [0.15, 0.2) is 0 Å². The summed E-state index contributed by atoms with van der Waals surface area (Å²) in [6, 6.07) is 2.86. The Morgan fingerprint density at radius 3 is 2.67 bits per heavy atom. The van der Waals surface area contributed by atoms with Crippen molar-refractivity contribution in [3.05, 3.63) is 17.5 Å².